The summed E-state index contributed by atoms with van der Waals surface area (Å²) in [6.07, 6.45) is 3.67. The highest BCUT2D eigenvalue weighted by molar-refractivity contribution is 7.88. The van der Waals surface area contributed by atoms with Crippen molar-refractivity contribution < 1.29 is 8.42 Å². The van der Waals surface area contributed by atoms with Crippen LogP contribution in [-0.4, -0.2) is 48.6 Å². The van der Waals surface area contributed by atoms with Crippen LogP contribution in [0.3, 0.4) is 0 Å². The molecule has 0 spiro atoms. The smallest absolute Gasteiger partial charge is 0.211 e. The van der Waals surface area contributed by atoms with Crippen LogP contribution in [0.1, 0.15) is 32.5 Å². The van der Waals surface area contributed by atoms with Crippen molar-refractivity contribution in [3.05, 3.63) is 17.0 Å². The van der Waals surface area contributed by atoms with Crippen LogP contribution in [-0.2, 0) is 16.4 Å². The minimum atomic E-state index is -3.12. The molecule has 0 aliphatic carbocycles. The molecule has 8 heteroatoms. The van der Waals surface area contributed by atoms with Crippen molar-refractivity contribution in [2.45, 2.75) is 33.1 Å². The van der Waals surface area contributed by atoms with Crippen LogP contribution in [0, 0.1) is 0 Å². The molecule has 1 aromatic heterocycles. The zero-order valence-corrected chi connectivity index (χ0v) is 14.3. The number of nitrogens with zero attached hydrogens (tertiary/aromatic N) is 3. The molecule has 0 saturated carbocycles. The van der Waals surface area contributed by atoms with E-state index in [9.17, 15) is 8.42 Å². The van der Waals surface area contributed by atoms with E-state index in [1.807, 2.05) is 6.92 Å². The highest BCUT2D eigenvalue weighted by atomic mass is 35.5. The molecule has 0 aromatic carbocycles. The summed E-state index contributed by atoms with van der Waals surface area (Å²) in [5.74, 6) is 1.40. The second kappa shape index (κ2) is 8.51. The highest BCUT2D eigenvalue weighted by Crippen LogP contribution is 2.12. The summed E-state index contributed by atoms with van der Waals surface area (Å²) >= 11 is 5.95. The van der Waals surface area contributed by atoms with Gasteiger partial charge in [0.15, 0.2) is 0 Å². The third-order valence-corrected chi connectivity index (χ3v) is 4.50. The Balaban J connectivity index is 2.49. The number of hydrogen-bond donors (Lipinski definition) is 1. The largest absolute Gasteiger partial charge is 0.370 e. The number of nitrogens with one attached hydrogen (secondary N) is 1. The van der Waals surface area contributed by atoms with Crippen molar-refractivity contribution in [1.82, 2.24) is 14.3 Å². The molecule has 0 atom stereocenters. The predicted molar refractivity (Wildman–Crippen MR) is 86.2 cm³/mol. The molecule has 21 heavy (non-hydrogen) atoms. The number of aryl methyl sites for hydroxylation is 1. The quantitative estimate of drug-likeness (QED) is 0.553. The maximum absolute atomic E-state index is 11.5. The van der Waals surface area contributed by atoms with Crippen LogP contribution >= 0.6 is 11.6 Å². The minimum absolute atomic E-state index is 0.419. The molecule has 0 radical (unpaired) electrons. The van der Waals surface area contributed by atoms with Gasteiger partial charge < -0.3 is 5.32 Å². The predicted octanol–water partition coefficient (Wildman–Crippen LogP) is 2.17. The average Bonchev–Trinajstić information content (AvgIpc) is 2.37. The molecule has 1 N–H and O–H groups in total. The highest BCUT2D eigenvalue weighted by Gasteiger charge is 2.13. The van der Waals surface area contributed by atoms with Crippen LogP contribution in [0.25, 0.3) is 0 Å². The van der Waals surface area contributed by atoms with Gasteiger partial charge in [-0.1, -0.05) is 25.4 Å². The van der Waals surface area contributed by atoms with Crippen molar-refractivity contribution in [2.75, 3.05) is 31.2 Å². The molecule has 0 amide bonds. The van der Waals surface area contributed by atoms with Crippen molar-refractivity contribution in [3.8, 4) is 0 Å². The fourth-order valence-corrected chi connectivity index (χ4v) is 3.05. The van der Waals surface area contributed by atoms with Gasteiger partial charge in [0.05, 0.1) is 6.26 Å². The average molecular weight is 335 g/mol. The fraction of sp³-hybridized carbons (Fsp3) is 0.692. The summed E-state index contributed by atoms with van der Waals surface area (Å²) in [5.41, 5.74) is 0. The Bertz CT molecular complexity index is 551. The van der Waals surface area contributed by atoms with Crippen LogP contribution in [0.2, 0.25) is 5.15 Å². The summed E-state index contributed by atoms with van der Waals surface area (Å²) < 4.78 is 24.4. The Labute approximate surface area is 132 Å². The lowest BCUT2D eigenvalue weighted by Crippen LogP contribution is -2.31. The normalized spacial score (nSPS) is 11.9. The molecule has 120 valence electrons. The van der Waals surface area contributed by atoms with Gasteiger partial charge in [0.25, 0.3) is 0 Å². The molecule has 1 rings (SSSR count). The molecule has 0 aliphatic rings. The summed E-state index contributed by atoms with van der Waals surface area (Å²) in [5, 5.41) is 3.58. The fourth-order valence-electron chi connectivity index (χ4n) is 1.92. The Morgan fingerprint density at radius 3 is 2.62 bits per heavy atom. The first-order valence-corrected chi connectivity index (χ1v) is 9.31. The van der Waals surface area contributed by atoms with Crippen molar-refractivity contribution in [2.24, 2.45) is 0 Å². The molecular formula is C13H23ClN4O2S. The van der Waals surface area contributed by atoms with Crippen molar-refractivity contribution in [1.29, 1.82) is 0 Å². The zero-order valence-electron chi connectivity index (χ0n) is 12.8. The minimum Gasteiger partial charge on any atom is -0.370 e. The number of aromatic nitrogens is 2. The third-order valence-electron chi connectivity index (χ3n) is 2.93. The number of rotatable bonds is 9. The van der Waals surface area contributed by atoms with Crippen LogP contribution < -0.4 is 5.32 Å². The second-order valence-electron chi connectivity index (χ2n) is 4.78. The van der Waals surface area contributed by atoms with Crippen LogP contribution in [0.5, 0.6) is 0 Å². The molecule has 0 unspecified atom stereocenters. The first kappa shape index (κ1) is 18.1. The van der Waals surface area contributed by atoms with Gasteiger partial charge in [0.1, 0.15) is 16.8 Å². The van der Waals surface area contributed by atoms with Gasteiger partial charge in [-0.2, -0.15) is 0 Å². The summed E-state index contributed by atoms with van der Waals surface area (Å²) in [6.45, 7) is 5.49. The maximum Gasteiger partial charge on any atom is 0.211 e. The van der Waals surface area contributed by atoms with Gasteiger partial charge in [-0.3, -0.25) is 0 Å². The maximum atomic E-state index is 11.5. The first-order valence-electron chi connectivity index (χ1n) is 7.09. The molecule has 0 aliphatic heterocycles. The lowest BCUT2D eigenvalue weighted by atomic mass is 10.3. The Hall–Kier alpha value is -0.920. The van der Waals surface area contributed by atoms with Crippen molar-refractivity contribution in [3.63, 3.8) is 0 Å². The molecular weight excluding hydrogens is 312 g/mol. The summed E-state index contributed by atoms with van der Waals surface area (Å²) in [6, 6.07) is 1.68. The lowest BCUT2D eigenvalue weighted by Gasteiger charge is -2.17. The topological polar surface area (TPSA) is 75.2 Å². The van der Waals surface area contributed by atoms with Gasteiger partial charge in [-0.15, -0.1) is 0 Å². The van der Waals surface area contributed by atoms with E-state index >= 15 is 0 Å². The van der Waals surface area contributed by atoms with Gasteiger partial charge in [-0.25, -0.2) is 22.7 Å². The molecule has 0 saturated heterocycles. The van der Waals surface area contributed by atoms with E-state index in [1.165, 1.54) is 10.6 Å². The second-order valence-corrected chi connectivity index (χ2v) is 7.15. The Kier molecular flexibility index (Phi) is 7.34. The molecule has 0 fully saturated rings. The Morgan fingerprint density at radius 1 is 1.33 bits per heavy atom. The van der Waals surface area contributed by atoms with E-state index in [0.29, 0.717) is 37.0 Å². The Morgan fingerprint density at radius 2 is 2.05 bits per heavy atom. The first-order chi connectivity index (χ1) is 9.86. The van der Waals surface area contributed by atoms with Crippen molar-refractivity contribution >= 4 is 27.4 Å². The van der Waals surface area contributed by atoms with Crippen LogP contribution in [0.4, 0.5) is 5.82 Å². The standard InChI is InChI=1S/C13H23ClN4O2S/c1-4-7-12-16-11(14)10-13(17-12)15-8-6-9-18(5-2)21(3,19)20/h10H,4-9H2,1-3H3,(H,15,16,17). The van der Waals surface area contributed by atoms with E-state index in [1.54, 1.807) is 6.07 Å². The third kappa shape index (κ3) is 6.58. The van der Waals surface area contributed by atoms with E-state index in [4.69, 9.17) is 11.6 Å². The van der Waals surface area contributed by atoms with E-state index in [0.717, 1.165) is 18.7 Å². The number of halogens is 1. The SMILES string of the molecule is CCCc1nc(Cl)cc(NCCCN(CC)S(C)(=O)=O)n1. The van der Waals surface area contributed by atoms with E-state index in [2.05, 4.69) is 22.2 Å². The van der Waals surface area contributed by atoms with Gasteiger partial charge in [0.2, 0.25) is 10.0 Å². The summed E-state index contributed by atoms with van der Waals surface area (Å²) in [7, 11) is -3.12. The van der Waals surface area contributed by atoms with E-state index < -0.39 is 10.0 Å². The zero-order chi connectivity index (χ0) is 15.9. The number of anilines is 1. The molecule has 6 nitrogen and oxygen atoms in total. The summed E-state index contributed by atoms with van der Waals surface area (Å²) in [4.78, 5) is 8.52. The monoisotopic (exact) mass is 334 g/mol. The number of hydrogen-bond acceptors (Lipinski definition) is 5. The van der Waals surface area contributed by atoms with Gasteiger partial charge in [0, 0.05) is 32.1 Å². The van der Waals surface area contributed by atoms with Crippen LogP contribution in [0.15, 0.2) is 6.07 Å². The van der Waals surface area contributed by atoms with E-state index in [-0.39, 0.29) is 0 Å². The van der Waals surface area contributed by atoms with Gasteiger partial charge in [-0.05, 0) is 12.8 Å². The van der Waals surface area contributed by atoms with Gasteiger partial charge >= 0.3 is 0 Å². The number of sulfonamides is 1. The molecule has 1 heterocycles. The molecule has 0 bridgehead atoms. The lowest BCUT2D eigenvalue weighted by molar-refractivity contribution is 0.428. The molecule has 1 aromatic rings.